The van der Waals surface area contributed by atoms with E-state index >= 15 is 0 Å². The van der Waals surface area contributed by atoms with Crippen LogP contribution in [0.5, 0.6) is 5.75 Å². The van der Waals surface area contributed by atoms with E-state index in [1.807, 2.05) is 50.3 Å². The summed E-state index contributed by atoms with van der Waals surface area (Å²) in [6, 6.07) is 7.97. The van der Waals surface area contributed by atoms with Crippen LogP contribution in [0.2, 0.25) is 0 Å². The molecule has 0 spiro atoms. The topological polar surface area (TPSA) is 35.2 Å². The van der Waals surface area contributed by atoms with Gasteiger partial charge in [0.05, 0.1) is 0 Å². The molecule has 1 aromatic rings. The quantitative estimate of drug-likeness (QED) is 0.793. The van der Waals surface area contributed by atoms with Crippen LogP contribution in [0.3, 0.4) is 0 Å². The van der Waals surface area contributed by atoms with E-state index < -0.39 is 0 Å². The monoisotopic (exact) mass is 191 g/mol. The largest absolute Gasteiger partial charge is 0.489 e. The molecule has 1 atom stereocenters. The maximum atomic E-state index is 5.59. The Hall–Kier alpha value is -1.28. The molecule has 0 amide bonds. The van der Waals surface area contributed by atoms with Crippen molar-refractivity contribution in [3.63, 3.8) is 0 Å². The third kappa shape index (κ3) is 3.23. The molecule has 2 N–H and O–H groups in total. The molecule has 2 nitrogen and oxygen atoms in total. The average molecular weight is 191 g/mol. The molecule has 0 aromatic heterocycles. The summed E-state index contributed by atoms with van der Waals surface area (Å²) in [7, 11) is 0. The highest BCUT2D eigenvalue weighted by molar-refractivity contribution is 5.51. The Morgan fingerprint density at radius 3 is 2.93 bits per heavy atom. The van der Waals surface area contributed by atoms with Crippen LogP contribution in [0.25, 0.3) is 6.08 Å². The SMILES string of the molecule is C/C=C/c1cccc(O[C@H](C)CN)c1. The van der Waals surface area contributed by atoms with Gasteiger partial charge in [0.15, 0.2) is 0 Å². The van der Waals surface area contributed by atoms with Crippen molar-refractivity contribution in [1.29, 1.82) is 0 Å². The predicted octanol–water partition coefficient (Wildman–Crippen LogP) is 2.45. The van der Waals surface area contributed by atoms with E-state index in [0.29, 0.717) is 6.54 Å². The maximum Gasteiger partial charge on any atom is 0.120 e. The number of allylic oxidation sites excluding steroid dienone is 1. The van der Waals surface area contributed by atoms with E-state index in [1.54, 1.807) is 0 Å². The van der Waals surface area contributed by atoms with Crippen LogP contribution < -0.4 is 10.5 Å². The summed E-state index contributed by atoms with van der Waals surface area (Å²) in [5.41, 5.74) is 6.63. The highest BCUT2D eigenvalue weighted by Crippen LogP contribution is 2.15. The molecule has 0 fully saturated rings. The minimum absolute atomic E-state index is 0.0656. The van der Waals surface area contributed by atoms with Crippen molar-refractivity contribution in [3.05, 3.63) is 35.9 Å². The molecule has 76 valence electrons. The lowest BCUT2D eigenvalue weighted by molar-refractivity contribution is 0.230. The Balaban J connectivity index is 2.73. The van der Waals surface area contributed by atoms with Gasteiger partial charge in [0.2, 0.25) is 0 Å². The second-order valence-electron chi connectivity index (χ2n) is 3.24. The molecule has 14 heavy (non-hydrogen) atoms. The summed E-state index contributed by atoms with van der Waals surface area (Å²) in [5.74, 6) is 0.874. The zero-order valence-electron chi connectivity index (χ0n) is 8.73. The first-order valence-corrected chi connectivity index (χ1v) is 4.85. The van der Waals surface area contributed by atoms with Crippen LogP contribution in [0.15, 0.2) is 30.3 Å². The molecule has 0 aliphatic rings. The fourth-order valence-electron chi connectivity index (χ4n) is 1.16. The highest BCUT2D eigenvalue weighted by Gasteiger charge is 2.00. The Kier molecular flexibility index (Phi) is 4.20. The second kappa shape index (κ2) is 5.45. The number of nitrogens with two attached hydrogens (primary N) is 1. The van der Waals surface area contributed by atoms with Crippen LogP contribution in [-0.2, 0) is 0 Å². The van der Waals surface area contributed by atoms with Crippen LogP contribution in [-0.4, -0.2) is 12.6 Å². The number of hydrogen-bond donors (Lipinski definition) is 1. The van der Waals surface area contributed by atoms with E-state index in [4.69, 9.17) is 10.5 Å². The van der Waals surface area contributed by atoms with Crippen molar-refractivity contribution >= 4 is 6.08 Å². The summed E-state index contributed by atoms with van der Waals surface area (Å²) in [6.07, 6.45) is 4.11. The molecule has 0 unspecified atom stereocenters. The summed E-state index contributed by atoms with van der Waals surface area (Å²) in [5, 5.41) is 0. The first kappa shape index (κ1) is 10.8. The van der Waals surface area contributed by atoms with Gasteiger partial charge in [-0.15, -0.1) is 0 Å². The van der Waals surface area contributed by atoms with Gasteiger partial charge in [-0.2, -0.15) is 0 Å². The molecule has 0 aliphatic heterocycles. The van der Waals surface area contributed by atoms with E-state index in [9.17, 15) is 0 Å². The van der Waals surface area contributed by atoms with E-state index in [-0.39, 0.29) is 6.10 Å². The molecule has 1 rings (SSSR count). The van der Waals surface area contributed by atoms with Gasteiger partial charge in [-0.1, -0.05) is 24.3 Å². The number of ether oxygens (including phenoxy) is 1. The van der Waals surface area contributed by atoms with Crippen molar-refractivity contribution in [2.24, 2.45) is 5.73 Å². The van der Waals surface area contributed by atoms with Gasteiger partial charge in [0.1, 0.15) is 11.9 Å². The molecule has 2 heteroatoms. The maximum absolute atomic E-state index is 5.59. The minimum atomic E-state index is 0.0656. The highest BCUT2D eigenvalue weighted by atomic mass is 16.5. The van der Waals surface area contributed by atoms with Gasteiger partial charge >= 0.3 is 0 Å². The third-order valence-corrected chi connectivity index (χ3v) is 1.89. The van der Waals surface area contributed by atoms with Crippen molar-refractivity contribution < 1.29 is 4.74 Å². The Labute approximate surface area is 85.4 Å². The molecule has 0 aliphatic carbocycles. The van der Waals surface area contributed by atoms with Crippen molar-refractivity contribution in [2.45, 2.75) is 20.0 Å². The average Bonchev–Trinajstić information content (AvgIpc) is 2.19. The summed E-state index contributed by atoms with van der Waals surface area (Å²) >= 11 is 0. The van der Waals surface area contributed by atoms with Crippen LogP contribution >= 0.6 is 0 Å². The Bertz CT molecular complexity index is 307. The summed E-state index contributed by atoms with van der Waals surface area (Å²) < 4.78 is 5.59. The fraction of sp³-hybridized carbons (Fsp3) is 0.333. The first-order valence-electron chi connectivity index (χ1n) is 4.85. The molecule has 1 aromatic carbocycles. The standard InChI is InChI=1S/C12H17NO/c1-3-5-11-6-4-7-12(8-11)14-10(2)9-13/h3-8,10H,9,13H2,1-2H3/b5-3+/t10-/m1/s1. The van der Waals surface area contributed by atoms with Gasteiger partial charge in [-0.25, -0.2) is 0 Å². The third-order valence-electron chi connectivity index (χ3n) is 1.89. The Morgan fingerprint density at radius 2 is 2.29 bits per heavy atom. The van der Waals surface area contributed by atoms with Gasteiger partial charge in [0, 0.05) is 6.54 Å². The normalized spacial score (nSPS) is 13.1. The molecular formula is C12H17NO. The van der Waals surface area contributed by atoms with Gasteiger partial charge in [0.25, 0.3) is 0 Å². The molecule has 0 heterocycles. The fourth-order valence-corrected chi connectivity index (χ4v) is 1.16. The zero-order chi connectivity index (χ0) is 10.4. The van der Waals surface area contributed by atoms with Gasteiger partial charge in [-0.3, -0.25) is 0 Å². The first-order chi connectivity index (χ1) is 6.76. The molecule has 0 saturated heterocycles. The molecule has 0 radical (unpaired) electrons. The van der Waals surface area contributed by atoms with Crippen molar-refractivity contribution in [2.75, 3.05) is 6.54 Å². The summed E-state index contributed by atoms with van der Waals surface area (Å²) in [4.78, 5) is 0. The molecular weight excluding hydrogens is 174 g/mol. The lowest BCUT2D eigenvalue weighted by atomic mass is 10.2. The van der Waals surface area contributed by atoms with Crippen LogP contribution in [0.1, 0.15) is 19.4 Å². The number of rotatable bonds is 4. The minimum Gasteiger partial charge on any atom is -0.489 e. The van der Waals surface area contributed by atoms with E-state index in [0.717, 1.165) is 11.3 Å². The van der Waals surface area contributed by atoms with Gasteiger partial charge < -0.3 is 10.5 Å². The van der Waals surface area contributed by atoms with Crippen molar-refractivity contribution in [3.8, 4) is 5.75 Å². The smallest absolute Gasteiger partial charge is 0.120 e. The van der Waals surface area contributed by atoms with Crippen molar-refractivity contribution in [1.82, 2.24) is 0 Å². The van der Waals surface area contributed by atoms with Gasteiger partial charge in [-0.05, 0) is 31.5 Å². The predicted molar refractivity (Wildman–Crippen MR) is 60.3 cm³/mol. The van der Waals surface area contributed by atoms with Crippen LogP contribution in [0, 0.1) is 0 Å². The van der Waals surface area contributed by atoms with E-state index in [2.05, 4.69) is 0 Å². The van der Waals surface area contributed by atoms with Crippen LogP contribution in [0.4, 0.5) is 0 Å². The summed E-state index contributed by atoms with van der Waals surface area (Å²) in [6.45, 7) is 4.49. The number of benzene rings is 1. The Morgan fingerprint density at radius 1 is 1.50 bits per heavy atom. The number of hydrogen-bond acceptors (Lipinski definition) is 2. The lowest BCUT2D eigenvalue weighted by Gasteiger charge is -2.12. The van der Waals surface area contributed by atoms with E-state index in [1.165, 1.54) is 0 Å². The lowest BCUT2D eigenvalue weighted by Crippen LogP contribution is -2.22. The molecule has 0 saturated carbocycles. The second-order valence-corrected chi connectivity index (χ2v) is 3.24. The zero-order valence-corrected chi connectivity index (χ0v) is 8.73. The molecule has 0 bridgehead atoms.